The molecule has 0 aliphatic heterocycles. The van der Waals surface area contributed by atoms with Crippen molar-refractivity contribution in [3.63, 3.8) is 0 Å². The molecule has 1 aromatic heterocycles. The Balaban J connectivity index is 2.01. The fourth-order valence-corrected chi connectivity index (χ4v) is 1.81. The summed E-state index contributed by atoms with van der Waals surface area (Å²) in [6.45, 7) is 5.14. The fraction of sp³-hybridized carbons (Fsp3) is 0.357. The molecule has 1 amide bonds. The van der Waals surface area contributed by atoms with Crippen LogP contribution < -0.4 is 10.6 Å². The predicted molar refractivity (Wildman–Crippen MR) is 76.3 cm³/mol. The molecule has 6 nitrogen and oxygen atoms in total. The topological polar surface area (TPSA) is 80.0 Å². The first-order valence-electron chi connectivity index (χ1n) is 6.58. The average Bonchev–Trinajstić information content (AvgIpc) is 2.95. The number of aromatic nitrogens is 2. The molecule has 0 saturated heterocycles. The molecule has 1 heterocycles. The van der Waals surface area contributed by atoms with E-state index in [0.717, 1.165) is 29.8 Å². The maximum absolute atomic E-state index is 11.7. The Hall–Kier alpha value is -2.21. The number of hydrogen-bond acceptors (Lipinski definition) is 5. The first-order chi connectivity index (χ1) is 9.70. The van der Waals surface area contributed by atoms with Gasteiger partial charge in [0.1, 0.15) is 0 Å². The molecule has 0 bridgehead atoms. The van der Waals surface area contributed by atoms with Crippen molar-refractivity contribution in [1.29, 1.82) is 0 Å². The summed E-state index contributed by atoms with van der Waals surface area (Å²) in [6, 6.07) is 5.59. The van der Waals surface area contributed by atoms with Gasteiger partial charge in [-0.15, -0.1) is 10.2 Å². The third kappa shape index (κ3) is 3.64. The van der Waals surface area contributed by atoms with Crippen LogP contribution in [0.1, 0.15) is 18.9 Å². The Kier molecular flexibility index (Phi) is 4.84. The first-order valence-corrected chi connectivity index (χ1v) is 6.58. The molecule has 0 unspecified atom stereocenters. The van der Waals surface area contributed by atoms with Crippen molar-refractivity contribution in [2.24, 2.45) is 0 Å². The number of hydrogen-bond donors (Lipinski definition) is 2. The maximum atomic E-state index is 11.7. The van der Waals surface area contributed by atoms with E-state index in [1.54, 1.807) is 0 Å². The number of amides is 1. The lowest BCUT2D eigenvalue weighted by Gasteiger charge is -2.09. The van der Waals surface area contributed by atoms with E-state index in [9.17, 15) is 4.79 Å². The molecule has 2 rings (SSSR count). The summed E-state index contributed by atoms with van der Waals surface area (Å²) in [4.78, 5) is 11.7. The summed E-state index contributed by atoms with van der Waals surface area (Å²) in [5.41, 5.74) is 2.57. The summed E-state index contributed by atoms with van der Waals surface area (Å²) >= 11 is 0. The molecule has 2 aromatic rings. The average molecular weight is 274 g/mol. The summed E-state index contributed by atoms with van der Waals surface area (Å²) in [7, 11) is 0. The highest BCUT2D eigenvalue weighted by atomic mass is 16.4. The van der Waals surface area contributed by atoms with Crippen molar-refractivity contribution < 1.29 is 9.21 Å². The Morgan fingerprint density at radius 1 is 1.40 bits per heavy atom. The molecule has 0 atom stereocenters. The van der Waals surface area contributed by atoms with Crippen LogP contribution in [0.3, 0.4) is 0 Å². The minimum atomic E-state index is -0.0490. The van der Waals surface area contributed by atoms with Gasteiger partial charge < -0.3 is 15.1 Å². The molecule has 106 valence electrons. The van der Waals surface area contributed by atoms with Crippen molar-refractivity contribution in [2.45, 2.75) is 20.3 Å². The number of carbonyl (C=O) groups excluding carboxylic acids is 1. The highest BCUT2D eigenvalue weighted by Gasteiger charge is 2.08. The van der Waals surface area contributed by atoms with Gasteiger partial charge in [-0.3, -0.25) is 4.79 Å². The minimum absolute atomic E-state index is 0.0490. The Morgan fingerprint density at radius 3 is 2.90 bits per heavy atom. The predicted octanol–water partition coefficient (Wildman–Crippen LogP) is 1.98. The Labute approximate surface area is 117 Å². The molecule has 6 heteroatoms. The second-order valence-corrected chi connectivity index (χ2v) is 4.50. The van der Waals surface area contributed by atoms with Gasteiger partial charge in [-0.2, -0.15) is 0 Å². The van der Waals surface area contributed by atoms with E-state index in [2.05, 4.69) is 27.8 Å². The lowest BCUT2D eigenvalue weighted by molar-refractivity contribution is -0.115. The van der Waals surface area contributed by atoms with Crippen molar-refractivity contribution >= 4 is 11.6 Å². The van der Waals surface area contributed by atoms with Gasteiger partial charge in [0, 0.05) is 11.3 Å². The minimum Gasteiger partial charge on any atom is -0.423 e. The normalized spacial score (nSPS) is 10.5. The second-order valence-electron chi connectivity index (χ2n) is 4.50. The van der Waals surface area contributed by atoms with E-state index >= 15 is 0 Å². The van der Waals surface area contributed by atoms with Crippen LogP contribution in [-0.2, 0) is 4.79 Å². The van der Waals surface area contributed by atoms with E-state index < -0.39 is 0 Å². The number of rotatable bonds is 6. The van der Waals surface area contributed by atoms with E-state index in [0.29, 0.717) is 12.4 Å². The molecule has 0 spiro atoms. The zero-order valence-corrected chi connectivity index (χ0v) is 11.6. The number of aryl methyl sites for hydroxylation is 1. The van der Waals surface area contributed by atoms with Crippen LogP contribution in [-0.4, -0.2) is 29.2 Å². The van der Waals surface area contributed by atoms with Crippen LogP contribution in [0.25, 0.3) is 11.5 Å². The molecule has 0 aliphatic carbocycles. The molecular weight excluding hydrogens is 256 g/mol. The van der Waals surface area contributed by atoms with Gasteiger partial charge in [0.2, 0.25) is 18.2 Å². The molecule has 0 fully saturated rings. The molecule has 1 aromatic carbocycles. The first kappa shape index (κ1) is 14.2. The fourth-order valence-electron chi connectivity index (χ4n) is 1.81. The summed E-state index contributed by atoms with van der Waals surface area (Å²) in [5, 5.41) is 13.4. The highest BCUT2D eigenvalue weighted by molar-refractivity contribution is 5.93. The summed E-state index contributed by atoms with van der Waals surface area (Å²) in [6.07, 6.45) is 2.30. The Bertz CT molecular complexity index is 567. The van der Waals surface area contributed by atoms with Crippen molar-refractivity contribution in [3.8, 4) is 11.5 Å². The largest absolute Gasteiger partial charge is 0.423 e. The molecule has 0 radical (unpaired) electrons. The molecule has 20 heavy (non-hydrogen) atoms. The summed E-state index contributed by atoms with van der Waals surface area (Å²) < 4.78 is 5.14. The van der Waals surface area contributed by atoms with E-state index in [1.807, 2.05) is 25.1 Å². The number of anilines is 1. The standard InChI is InChI=1S/C14H18N4O2/c1-3-6-15-8-13(19)17-12-5-4-11(7-10(12)2)14-18-16-9-20-14/h4-5,7,9,15H,3,6,8H2,1-2H3,(H,17,19). The van der Waals surface area contributed by atoms with Gasteiger partial charge in [0.05, 0.1) is 6.54 Å². The highest BCUT2D eigenvalue weighted by Crippen LogP contribution is 2.23. The van der Waals surface area contributed by atoms with Crippen LogP contribution in [0.15, 0.2) is 29.0 Å². The van der Waals surface area contributed by atoms with Crippen LogP contribution in [0.5, 0.6) is 0 Å². The molecule has 0 aliphatic rings. The smallest absolute Gasteiger partial charge is 0.247 e. The summed E-state index contributed by atoms with van der Waals surface area (Å²) in [5.74, 6) is 0.419. The zero-order chi connectivity index (χ0) is 14.4. The van der Waals surface area contributed by atoms with Gasteiger partial charge in [-0.1, -0.05) is 6.92 Å². The van der Waals surface area contributed by atoms with E-state index in [4.69, 9.17) is 4.42 Å². The molecule has 0 saturated carbocycles. The molecular formula is C14H18N4O2. The third-order valence-electron chi connectivity index (χ3n) is 2.82. The van der Waals surface area contributed by atoms with Gasteiger partial charge in [-0.05, 0) is 43.7 Å². The Morgan fingerprint density at radius 2 is 2.25 bits per heavy atom. The van der Waals surface area contributed by atoms with Crippen LogP contribution >= 0.6 is 0 Å². The second kappa shape index (κ2) is 6.81. The van der Waals surface area contributed by atoms with Crippen molar-refractivity contribution in [3.05, 3.63) is 30.2 Å². The van der Waals surface area contributed by atoms with Crippen molar-refractivity contribution in [1.82, 2.24) is 15.5 Å². The van der Waals surface area contributed by atoms with Crippen molar-refractivity contribution in [2.75, 3.05) is 18.4 Å². The van der Waals surface area contributed by atoms with Crippen LogP contribution in [0, 0.1) is 6.92 Å². The van der Waals surface area contributed by atoms with E-state index in [-0.39, 0.29) is 5.91 Å². The third-order valence-corrected chi connectivity index (χ3v) is 2.82. The molecule has 2 N–H and O–H groups in total. The number of nitrogens with one attached hydrogen (secondary N) is 2. The number of carbonyl (C=O) groups is 1. The monoisotopic (exact) mass is 274 g/mol. The van der Waals surface area contributed by atoms with Crippen LogP contribution in [0.4, 0.5) is 5.69 Å². The van der Waals surface area contributed by atoms with Gasteiger partial charge in [0.15, 0.2) is 0 Å². The SMILES string of the molecule is CCCNCC(=O)Nc1ccc(-c2nnco2)cc1C. The quantitative estimate of drug-likeness (QED) is 0.787. The van der Waals surface area contributed by atoms with E-state index in [1.165, 1.54) is 6.39 Å². The maximum Gasteiger partial charge on any atom is 0.247 e. The zero-order valence-electron chi connectivity index (χ0n) is 11.6. The lowest BCUT2D eigenvalue weighted by atomic mass is 10.1. The van der Waals surface area contributed by atoms with Gasteiger partial charge in [-0.25, -0.2) is 0 Å². The number of benzene rings is 1. The van der Waals surface area contributed by atoms with Crippen LogP contribution in [0.2, 0.25) is 0 Å². The lowest BCUT2D eigenvalue weighted by Crippen LogP contribution is -2.28. The van der Waals surface area contributed by atoms with Gasteiger partial charge >= 0.3 is 0 Å². The van der Waals surface area contributed by atoms with Gasteiger partial charge in [0.25, 0.3) is 0 Å². The number of nitrogens with zero attached hydrogens (tertiary/aromatic N) is 2.